The minimum atomic E-state index is -1.02. The number of carboxylic acids is 1. The number of nitrogens with one attached hydrogen (secondary N) is 1. The average molecular weight is 246 g/mol. The van der Waals surface area contributed by atoms with Gasteiger partial charge in [-0.3, -0.25) is 4.79 Å². The van der Waals surface area contributed by atoms with Crippen molar-refractivity contribution in [2.75, 3.05) is 11.1 Å². The fourth-order valence-corrected chi connectivity index (χ4v) is 1.36. The lowest BCUT2D eigenvalue weighted by Crippen LogP contribution is -2.11. The second kappa shape index (κ2) is 4.62. The number of hydrogen-bond donors (Lipinski definition) is 3. The van der Waals surface area contributed by atoms with E-state index in [0.717, 1.165) is 0 Å². The number of nitrogens with two attached hydrogens (primary N) is 1. The fraction of sp³-hybridized carbons (Fsp3) is 0. The molecule has 0 saturated heterocycles. The van der Waals surface area contributed by atoms with Crippen LogP contribution in [0, 0.1) is 0 Å². The molecule has 0 saturated carbocycles. The maximum absolute atomic E-state index is 11.7. The summed E-state index contributed by atoms with van der Waals surface area (Å²) in [7, 11) is 0. The standard InChI is InChI=1S/C12H10N2O4/c13-10-6-5-9(18-10)11(15)14-8-3-1-7(2-4-8)12(16)17/h1-6H,13H2,(H,14,15)(H,16,17). The summed E-state index contributed by atoms with van der Waals surface area (Å²) in [5, 5.41) is 11.3. The van der Waals surface area contributed by atoms with Crippen LogP contribution >= 0.6 is 0 Å². The second-order valence-corrected chi connectivity index (χ2v) is 3.54. The van der Waals surface area contributed by atoms with Gasteiger partial charge in [-0.1, -0.05) is 0 Å². The first-order chi connectivity index (χ1) is 8.56. The number of hydrogen-bond acceptors (Lipinski definition) is 4. The smallest absolute Gasteiger partial charge is 0.335 e. The third-order valence-electron chi connectivity index (χ3n) is 2.24. The minimum absolute atomic E-state index is 0.0924. The number of carbonyl (C=O) groups excluding carboxylic acids is 1. The lowest BCUT2D eigenvalue weighted by Gasteiger charge is -2.03. The highest BCUT2D eigenvalue weighted by molar-refractivity contribution is 6.02. The molecule has 0 fully saturated rings. The number of anilines is 2. The van der Waals surface area contributed by atoms with Crippen molar-refractivity contribution in [3.05, 3.63) is 47.7 Å². The number of aromatic carboxylic acids is 1. The third kappa shape index (κ3) is 2.49. The predicted octanol–water partition coefficient (Wildman–Crippen LogP) is 1.81. The maximum Gasteiger partial charge on any atom is 0.335 e. The van der Waals surface area contributed by atoms with Crippen LogP contribution in [-0.4, -0.2) is 17.0 Å². The molecule has 18 heavy (non-hydrogen) atoms. The predicted molar refractivity (Wildman–Crippen MR) is 64.5 cm³/mol. The summed E-state index contributed by atoms with van der Waals surface area (Å²) in [6.07, 6.45) is 0. The van der Waals surface area contributed by atoms with E-state index in [4.69, 9.17) is 15.3 Å². The molecule has 6 nitrogen and oxygen atoms in total. The molecule has 2 aromatic rings. The van der Waals surface area contributed by atoms with Gasteiger partial charge in [0.25, 0.3) is 5.91 Å². The Morgan fingerprint density at radius 3 is 2.28 bits per heavy atom. The van der Waals surface area contributed by atoms with Gasteiger partial charge in [-0.2, -0.15) is 0 Å². The largest absolute Gasteiger partial charge is 0.478 e. The van der Waals surface area contributed by atoms with Gasteiger partial charge in [0.05, 0.1) is 5.56 Å². The molecule has 0 radical (unpaired) electrons. The van der Waals surface area contributed by atoms with Crippen molar-refractivity contribution in [1.29, 1.82) is 0 Å². The molecule has 6 heteroatoms. The van der Waals surface area contributed by atoms with Gasteiger partial charge >= 0.3 is 5.97 Å². The van der Waals surface area contributed by atoms with E-state index in [2.05, 4.69) is 5.32 Å². The Morgan fingerprint density at radius 1 is 1.11 bits per heavy atom. The van der Waals surface area contributed by atoms with Crippen LogP contribution in [0.2, 0.25) is 0 Å². The SMILES string of the molecule is Nc1ccc(C(=O)Nc2ccc(C(=O)O)cc2)o1. The van der Waals surface area contributed by atoms with Gasteiger partial charge in [-0.05, 0) is 30.3 Å². The number of furan rings is 1. The highest BCUT2D eigenvalue weighted by atomic mass is 16.4. The quantitative estimate of drug-likeness (QED) is 0.765. The summed E-state index contributed by atoms with van der Waals surface area (Å²) < 4.78 is 4.95. The Balaban J connectivity index is 2.10. The molecular weight excluding hydrogens is 236 g/mol. The van der Waals surface area contributed by atoms with Crippen LogP contribution in [-0.2, 0) is 0 Å². The number of nitrogen functional groups attached to an aromatic ring is 1. The molecule has 0 atom stereocenters. The van der Waals surface area contributed by atoms with E-state index < -0.39 is 11.9 Å². The molecule has 0 bridgehead atoms. The summed E-state index contributed by atoms with van der Waals surface area (Å²) in [5.41, 5.74) is 5.97. The van der Waals surface area contributed by atoms with E-state index in [0.29, 0.717) is 5.69 Å². The van der Waals surface area contributed by atoms with Crippen LogP contribution in [0.5, 0.6) is 0 Å². The van der Waals surface area contributed by atoms with Crippen molar-refractivity contribution in [3.8, 4) is 0 Å². The second-order valence-electron chi connectivity index (χ2n) is 3.54. The first-order valence-corrected chi connectivity index (χ1v) is 5.06. The zero-order chi connectivity index (χ0) is 13.1. The molecular formula is C12H10N2O4. The molecule has 1 heterocycles. The number of rotatable bonds is 3. The van der Waals surface area contributed by atoms with Gasteiger partial charge in [0, 0.05) is 11.8 Å². The molecule has 0 unspecified atom stereocenters. The van der Waals surface area contributed by atoms with Crippen molar-refractivity contribution < 1.29 is 19.1 Å². The van der Waals surface area contributed by atoms with Crippen molar-refractivity contribution >= 4 is 23.4 Å². The van der Waals surface area contributed by atoms with Gasteiger partial charge in [-0.15, -0.1) is 0 Å². The monoisotopic (exact) mass is 246 g/mol. The number of carboxylic acid groups (broad SMARTS) is 1. The molecule has 1 aromatic carbocycles. The number of amides is 1. The third-order valence-corrected chi connectivity index (χ3v) is 2.24. The first-order valence-electron chi connectivity index (χ1n) is 5.06. The van der Waals surface area contributed by atoms with E-state index in [-0.39, 0.29) is 17.2 Å². The van der Waals surface area contributed by atoms with Gasteiger partial charge < -0.3 is 20.6 Å². The molecule has 92 valence electrons. The summed E-state index contributed by atoms with van der Waals surface area (Å²) in [6, 6.07) is 8.71. The zero-order valence-electron chi connectivity index (χ0n) is 9.21. The molecule has 0 aliphatic heterocycles. The zero-order valence-corrected chi connectivity index (χ0v) is 9.21. The lowest BCUT2D eigenvalue weighted by molar-refractivity contribution is 0.0696. The summed E-state index contributed by atoms with van der Waals surface area (Å²) in [4.78, 5) is 22.3. The Bertz CT molecular complexity index is 586. The number of benzene rings is 1. The Kier molecular flexibility index (Phi) is 3.01. The summed E-state index contributed by atoms with van der Waals surface area (Å²) in [6.45, 7) is 0. The van der Waals surface area contributed by atoms with E-state index in [1.165, 1.54) is 36.4 Å². The van der Waals surface area contributed by atoms with Gasteiger partial charge in [0.15, 0.2) is 11.6 Å². The van der Waals surface area contributed by atoms with Crippen LogP contribution in [0.1, 0.15) is 20.9 Å². The highest BCUT2D eigenvalue weighted by Gasteiger charge is 2.10. The lowest BCUT2D eigenvalue weighted by atomic mass is 10.2. The summed E-state index contributed by atoms with van der Waals surface area (Å²) in [5.74, 6) is -1.22. The fourth-order valence-electron chi connectivity index (χ4n) is 1.36. The Labute approximate surface area is 102 Å². The van der Waals surface area contributed by atoms with Crippen molar-refractivity contribution in [1.82, 2.24) is 0 Å². The van der Waals surface area contributed by atoms with Gasteiger partial charge in [0.1, 0.15) is 0 Å². The highest BCUT2D eigenvalue weighted by Crippen LogP contribution is 2.14. The summed E-state index contributed by atoms with van der Waals surface area (Å²) >= 11 is 0. The normalized spacial score (nSPS) is 10.0. The van der Waals surface area contributed by atoms with Crippen LogP contribution < -0.4 is 11.1 Å². The first kappa shape index (κ1) is 11.7. The molecule has 0 spiro atoms. The topological polar surface area (TPSA) is 106 Å². The van der Waals surface area contributed by atoms with Gasteiger partial charge in [0.2, 0.25) is 0 Å². The van der Waals surface area contributed by atoms with E-state index in [9.17, 15) is 9.59 Å². The van der Waals surface area contributed by atoms with Crippen molar-refractivity contribution in [2.24, 2.45) is 0 Å². The number of carbonyl (C=O) groups is 2. The molecule has 1 amide bonds. The van der Waals surface area contributed by atoms with E-state index in [1.54, 1.807) is 0 Å². The molecule has 4 N–H and O–H groups in total. The molecule has 0 aliphatic rings. The van der Waals surface area contributed by atoms with Gasteiger partial charge in [-0.25, -0.2) is 4.79 Å². The Hall–Kier alpha value is -2.76. The van der Waals surface area contributed by atoms with Crippen molar-refractivity contribution in [2.45, 2.75) is 0 Å². The van der Waals surface area contributed by atoms with E-state index >= 15 is 0 Å². The minimum Gasteiger partial charge on any atom is -0.478 e. The molecule has 1 aromatic heterocycles. The van der Waals surface area contributed by atoms with E-state index in [1.807, 2.05) is 0 Å². The molecule has 2 rings (SSSR count). The maximum atomic E-state index is 11.7. The molecule has 0 aliphatic carbocycles. The average Bonchev–Trinajstić information content (AvgIpc) is 2.76. The van der Waals surface area contributed by atoms with Crippen LogP contribution in [0.3, 0.4) is 0 Å². The van der Waals surface area contributed by atoms with Crippen LogP contribution in [0.15, 0.2) is 40.8 Å². The van der Waals surface area contributed by atoms with Crippen LogP contribution in [0.4, 0.5) is 11.6 Å². The Morgan fingerprint density at radius 2 is 1.78 bits per heavy atom. The van der Waals surface area contributed by atoms with Crippen molar-refractivity contribution in [3.63, 3.8) is 0 Å². The van der Waals surface area contributed by atoms with Crippen LogP contribution in [0.25, 0.3) is 0 Å².